The van der Waals surface area contributed by atoms with Gasteiger partial charge in [0.1, 0.15) is 24.4 Å². The molecular weight excluding hydrogens is 897 g/mol. The molecule has 0 heterocycles. The van der Waals surface area contributed by atoms with Crippen molar-refractivity contribution in [1.82, 2.24) is 26.3 Å². The first-order valence-corrected chi connectivity index (χ1v) is 20.7. The van der Waals surface area contributed by atoms with Gasteiger partial charge >= 0.3 is 18.2 Å². The molecule has 66 heavy (non-hydrogen) atoms. The average Bonchev–Trinajstić information content (AvgIpc) is 3.27. The molecule has 0 fully saturated rings. The normalized spacial score (nSPS) is 13.3. The number of unbranched alkanes of at least 4 members (excludes halogenated alkanes) is 1. The lowest BCUT2D eigenvalue weighted by Gasteiger charge is -2.31. The molecule has 0 unspecified atom stereocenters. The van der Waals surface area contributed by atoms with Crippen LogP contribution in [0.5, 0.6) is 5.75 Å². The molecule has 3 rings (SSSR count). The van der Waals surface area contributed by atoms with Crippen LogP contribution < -0.4 is 43.3 Å². The highest BCUT2D eigenvalue weighted by atomic mass is 35.5. The topological polar surface area (TPSA) is 306 Å². The molecule has 10 N–H and O–H groups in total. The van der Waals surface area contributed by atoms with Gasteiger partial charge in [0.15, 0.2) is 16.8 Å². The number of carbonyl (C=O) groups excluding carboxylic acids is 6. The van der Waals surface area contributed by atoms with Crippen LogP contribution in [-0.4, -0.2) is 102 Å². The molecule has 0 bridgehead atoms. The quantitative estimate of drug-likeness (QED) is 0.0105. The lowest BCUT2D eigenvalue weighted by Crippen LogP contribution is -2.62. The van der Waals surface area contributed by atoms with Gasteiger partial charge in [-0.15, -0.1) is 0 Å². The summed E-state index contributed by atoms with van der Waals surface area (Å²) < 4.78 is 48.6. The number of hydrazine groups is 1. The van der Waals surface area contributed by atoms with Crippen LogP contribution in [0.1, 0.15) is 59.9 Å². The van der Waals surface area contributed by atoms with Crippen LogP contribution in [-0.2, 0) is 41.7 Å². The lowest BCUT2D eigenvalue weighted by atomic mass is 9.94. The van der Waals surface area contributed by atoms with Crippen LogP contribution in [0.3, 0.4) is 0 Å². The molecule has 3 aromatic rings. The maximum absolute atomic E-state index is 14.5. The van der Waals surface area contributed by atoms with Gasteiger partial charge < -0.3 is 42.2 Å². The van der Waals surface area contributed by atoms with E-state index in [-0.39, 0.29) is 68.5 Å². The Morgan fingerprint density at radius 3 is 2.11 bits per heavy atom. The number of rotatable bonds is 23. The molecule has 24 heteroatoms. The Labute approximate surface area is 382 Å². The Bertz CT molecular complexity index is 2210. The van der Waals surface area contributed by atoms with Crippen molar-refractivity contribution in [3.63, 3.8) is 0 Å². The molecule has 3 aromatic carbocycles. The number of benzene rings is 3. The zero-order valence-electron chi connectivity index (χ0n) is 36.2. The number of hydrogen-bond donors (Lipinski definition) is 7. The first kappa shape index (κ1) is 53.6. The third-order valence-electron chi connectivity index (χ3n) is 9.87. The van der Waals surface area contributed by atoms with Crippen LogP contribution in [0.25, 0.3) is 0 Å². The molecule has 0 saturated heterocycles. The Kier molecular flexibility index (Phi) is 20.9. The predicted molar refractivity (Wildman–Crippen MR) is 234 cm³/mol. The molecule has 0 aliphatic carbocycles. The summed E-state index contributed by atoms with van der Waals surface area (Å²) in [6.07, 6.45) is -5.90. The van der Waals surface area contributed by atoms with E-state index < -0.39 is 82.5 Å². The molecule has 0 aromatic heterocycles. The number of alkyl carbamates (subject to hydrolysis) is 1. The fourth-order valence-electron chi connectivity index (χ4n) is 6.46. The summed E-state index contributed by atoms with van der Waals surface area (Å²) in [5.74, 6) is -0.466. The lowest BCUT2D eigenvalue weighted by molar-refractivity contribution is -0.485. The van der Waals surface area contributed by atoms with E-state index in [9.17, 15) is 52.1 Å². The maximum Gasteiger partial charge on any atom is 0.491 e. The monoisotopic (exact) mass is 948 g/mol. The van der Waals surface area contributed by atoms with E-state index in [1.807, 2.05) is 0 Å². The van der Waals surface area contributed by atoms with Crippen LogP contribution in [0.15, 0.2) is 71.8 Å². The van der Waals surface area contributed by atoms with Gasteiger partial charge in [0.05, 0.1) is 11.1 Å². The van der Waals surface area contributed by atoms with E-state index in [1.165, 1.54) is 45.2 Å². The molecule has 5 amide bonds. The fraction of sp³-hybridized carbons (Fsp3) is 0.405. The second kappa shape index (κ2) is 25.7. The van der Waals surface area contributed by atoms with Gasteiger partial charge in [0.2, 0.25) is 11.8 Å². The zero-order chi connectivity index (χ0) is 49.1. The third kappa shape index (κ3) is 16.4. The number of hydrogen-bond acceptors (Lipinski definition) is 13. The number of ether oxygens (including phenoxy) is 2. The second-order valence-corrected chi connectivity index (χ2v) is 15.1. The average molecular weight is 949 g/mol. The van der Waals surface area contributed by atoms with Gasteiger partial charge in [-0.3, -0.25) is 24.2 Å². The fourth-order valence-corrected chi connectivity index (χ4v) is 6.65. The summed E-state index contributed by atoms with van der Waals surface area (Å²) in [4.78, 5) is 91.4. The van der Waals surface area contributed by atoms with Crippen molar-refractivity contribution in [3.8, 4) is 5.75 Å². The van der Waals surface area contributed by atoms with Crippen molar-refractivity contribution >= 4 is 53.0 Å². The highest BCUT2D eigenvalue weighted by Gasteiger charge is 2.42. The predicted octanol–water partition coefficient (Wildman–Crippen LogP) is 2.60. The first-order valence-electron chi connectivity index (χ1n) is 20.4. The number of halogens is 4. The van der Waals surface area contributed by atoms with E-state index in [2.05, 4.69) is 31.1 Å². The molecular formula is C42H52ClF3N10O10. The Balaban J connectivity index is 2.00. The van der Waals surface area contributed by atoms with Crippen molar-refractivity contribution in [1.29, 1.82) is 0 Å². The van der Waals surface area contributed by atoms with E-state index in [0.717, 1.165) is 12.1 Å². The van der Waals surface area contributed by atoms with Crippen molar-refractivity contribution in [2.24, 2.45) is 22.4 Å². The molecule has 0 radical (unpaired) electrons. The van der Waals surface area contributed by atoms with Gasteiger partial charge in [-0.25, -0.2) is 25.5 Å². The number of amides is 5. The summed E-state index contributed by atoms with van der Waals surface area (Å²) in [7, 11) is 1.19. The van der Waals surface area contributed by atoms with E-state index >= 15 is 0 Å². The number of nitro groups is 1. The second-order valence-electron chi connectivity index (χ2n) is 14.7. The SMILES string of the molecule is CNC(=O)[C@H](C(=N[N+](=O)[O-])c1ccccc1)N(N)C(=O)[C@H](CCCCNC(=O)OCc1ccccc1Cl)NC(=O)[C@H](Cc1c(C)cc(OC(=O)C(F)(F)F)cc1C)NC(=O)[C@H](N)CCCN. The largest absolute Gasteiger partial charge is 0.491 e. The number of nitrogens with two attached hydrogens (primary N) is 3. The molecule has 0 aliphatic heterocycles. The Morgan fingerprint density at radius 2 is 1.52 bits per heavy atom. The van der Waals surface area contributed by atoms with Crippen molar-refractivity contribution in [2.45, 2.75) is 89.3 Å². The van der Waals surface area contributed by atoms with Gasteiger partial charge in [-0.1, -0.05) is 60.1 Å². The van der Waals surface area contributed by atoms with Crippen molar-refractivity contribution in [3.05, 3.63) is 110 Å². The van der Waals surface area contributed by atoms with Gasteiger partial charge in [-0.05, 0) is 87.4 Å². The summed E-state index contributed by atoms with van der Waals surface area (Å²) in [5.41, 5.74) is 12.6. The van der Waals surface area contributed by atoms with Gasteiger partial charge in [0, 0.05) is 36.2 Å². The van der Waals surface area contributed by atoms with E-state index in [0.29, 0.717) is 27.6 Å². The molecule has 0 aliphatic rings. The minimum Gasteiger partial charge on any atom is -0.445 e. The van der Waals surface area contributed by atoms with Gasteiger partial charge in [-0.2, -0.15) is 13.2 Å². The zero-order valence-corrected chi connectivity index (χ0v) is 36.9. The summed E-state index contributed by atoms with van der Waals surface area (Å²) in [6.45, 7) is 3.02. The van der Waals surface area contributed by atoms with Crippen LogP contribution in [0.4, 0.5) is 18.0 Å². The van der Waals surface area contributed by atoms with Crippen LogP contribution in [0.2, 0.25) is 5.02 Å². The van der Waals surface area contributed by atoms with Crippen LogP contribution >= 0.6 is 11.6 Å². The molecule has 0 saturated carbocycles. The summed E-state index contributed by atoms with van der Waals surface area (Å²) in [5, 5.41) is 24.8. The minimum atomic E-state index is -5.29. The number of hydrazone groups is 1. The standard InChI is InChI=1S/C42H52ClF3N10O10/c1-24-20-28(66-40(61)42(44,45)46)21-25(2)29(24)22-33(53-36(57)31(48)16-11-18-47)37(58)52-32(17-9-10-19-51-41(62)65-23-27-14-7-8-15-30(27)43)39(60)55(49)35(38(59)50-3)34(54-56(63)64)26-12-5-4-6-13-26/h4-8,12-15,20-21,31-33,35H,9-11,16-19,22-23,47-49H2,1-3H3,(H,50,59)(H,51,62)(H,52,58)(H,53,57)/t31-,32+,33+,35+/m1/s1. The summed E-state index contributed by atoms with van der Waals surface area (Å²) in [6, 6.07) is 10.1. The number of esters is 1. The minimum absolute atomic E-state index is 0.0171. The molecule has 0 spiro atoms. The molecule has 4 atom stereocenters. The van der Waals surface area contributed by atoms with Gasteiger partial charge in [0.25, 0.3) is 11.8 Å². The summed E-state index contributed by atoms with van der Waals surface area (Å²) >= 11 is 6.13. The first-order chi connectivity index (χ1) is 31.2. The number of nitrogens with zero attached hydrogens (tertiary/aromatic N) is 3. The molecule has 358 valence electrons. The van der Waals surface area contributed by atoms with Crippen LogP contribution in [0, 0.1) is 24.0 Å². The third-order valence-corrected chi connectivity index (χ3v) is 10.2. The number of likely N-dealkylation sites (N-methyl/N-ethyl adjacent to an activating group) is 1. The maximum atomic E-state index is 14.5. The van der Waals surface area contributed by atoms with Crippen molar-refractivity contribution in [2.75, 3.05) is 20.1 Å². The smallest absolute Gasteiger partial charge is 0.445 e. The van der Waals surface area contributed by atoms with E-state index in [1.54, 1.807) is 30.3 Å². The van der Waals surface area contributed by atoms with E-state index in [4.69, 9.17) is 33.6 Å². The number of carbonyl (C=O) groups is 6. The number of alkyl halides is 3. The molecule has 20 nitrogen and oxygen atoms in total. The Hall–Kier alpha value is -6.69. The Morgan fingerprint density at radius 1 is 0.894 bits per heavy atom. The highest BCUT2D eigenvalue weighted by molar-refractivity contribution is 6.31. The number of nitrogens with one attached hydrogen (secondary N) is 4. The van der Waals surface area contributed by atoms with Crippen molar-refractivity contribution < 1.29 is 56.4 Å². The highest BCUT2D eigenvalue weighted by Crippen LogP contribution is 2.26. The number of aryl methyl sites for hydroxylation is 2.